The number of hydrogen-bond acceptors (Lipinski definition) is 4. The molecule has 1 heterocycles. The van der Waals surface area contributed by atoms with Crippen LogP contribution >= 0.6 is 35.2 Å². The van der Waals surface area contributed by atoms with E-state index in [1.807, 2.05) is 4.90 Å². The Morgan fingerprint density at radius 3 is 2.18 bits per heavy atom. The number of carbonyl (C=O) groups excluding carboxylic acids is 1. The lowest BCUT2D eigenvalue weighted by Gasteiger charge is -2.34. The van der Waals surface area contributed by atoms with Gasteiger partial charge in [-0.1, -0.05) is 48.5 Å². The molecule has 0 bridgehead atoms. The molecular formula is C28H29IN2O2S. The summed E-state index contributed by atoms with van der Waals surface area (Å²) in [7, 11) is 0. The van der Waals surface area contributed by atoms with Crippen molar-refractivity contribution in [1.82, 2.24) is 9.80 Å². The molecule has 0 saturated carbocycles. The number of piperazine rings is 1. The molecular weight excluding hydrogens is 555 g/mol. The molecule has 3 aromatic carbocycles. The normalized spacial score (nSPS) is 15.8. The Hall–Kier alpha value is -2.03. The molecule has 3 aromatic rings. The Morgan fingerprint density at radius 1 is 0.971 bits per heavy atom. The van der Waals surface area contributed by atoms with Crippen molar-refractivity contribution in [3.8, 4) is 11.1 Å². The maximum atomic E-state index is 12.9. The quantitative estimate of drug-likeness (QED) is 0.290. The predicted octanol–water partition coefficient (Wildman–Crippen LogP) is 6.26. The van der Waals surface area contributed by atoms with Gasteiger partial charge < -0.3 is 9.64 Å². The van der Waals surface area contributed by atoms with Crippen LogP contribution in [0.25, 0.3) is 11.1 Å². The van der Waals surface area contributed by atoms with Crippen molar-refractivity contribution in [3.05, 3.63) is 86.0 Å². The molecule has 34 heavy (non-hydrogen) atoms. The lowest BCUT2D eigenvalue weighted by atomic mass is 9.98. The van der Waals surface area contributed by atoms with Gasteiger partial charge in [0.2, 0.25) is 0 Å². The minimum Gasteiger partial charge on any atom is -0.448 e. The first-order valence-corrected chi connectivity index (χ1v) is 13.3. The average Bonchev–Trinajstić information content (AvgIpc) is 3.18. The summed E-state index contributed by atoms with van der Waals surface area (Å²) in [6.07, 6.45) is -0.208. The molecule has 6 heteroatoms. The molecule has 0 spiro atoms. The number of nitrogens with zero attached hydrogens (tertiary/aromatic N) is 2. The van der Waals surface area contributed by atoms with Crippen LogP contribution in [-0.4, -0.2) is 48.7 Å². The first kappa shape index (κ1) is 23.7. The van der Waals surface area contributed by atoms with Crippen molar-refractivity contribution < 1.29 is 9.53 Å². The van der Waals surface area contributed by atoms with Gasteiger partial charge in [0, 0.05) is 47.1 Å². The summed E-state index contributed by atoms with van der Waals surface area (Å²) in [4.78, 5) is 18.2. The zero-order valence-corrected chi connectivity index (χ0v) is 22.6. The monoisotopic (exact) mass is 584 g/mol. The number of benzene rings is 3. The Labute approximate surface area is 220 Å². The van der Waals surface area contributed by atoms with Gasteiger partial charge in [-0.2, -0.15) is 0 Å². The second kappa shape index (κ2) is 9.91. The topological polar surface area (TPSA) is 32.8 Å². The first-order chi connectivity index (χ1) is 16.4. The van der Waals surface area contributed by atoms with Gasteiger partial charge in [0.1, 0.15) is 6.61 Å². The predicted molar refractivity (Wildman–Crippen MR) is 148 cm³/mol. The first-order valence-electron chi connectivity index (χ1n) is 11.7. The Bertz CT molecular complexity index is 1190. The van der Waals surface area contributed by atoms with E-state index >= 15 is 0 Å². The van der Waals surface area contributed by atoms with Crippen LogP contribution in [0, 0.1) is 17.4 Å². The van der Waals surface area contributed by atoms with Crippen molar-refractivity contribution in [1.29, 1.82) is 0 Å². The largest absolute Gasteiger partial charge is 0.448 e. The van der Waals surface area contributed by atoms with Crippen molar-refractivity contribution in [2.45, 2.75) is 31.2 Å². The fraction of sp³-hybridized carbons (Fsp3) is 0.321. The zero-order chi connectivity index (χ0) is 23.8. The fourth-order valence-electron chi connectivity index (χ4n) is 5.10. The van der Waals surface area contributed by atoms with Gasteiger partial charge in [0.25, 0.3) is 0 Å². The van der Waals surface area contributed by atoms with E-state index in [1.165, 1.54) is 42.5 Å². The van der Waals surface area contributed by atoms with Crippen molar-refractivity contribution >= 4 is 41.3 Å². The third kappa shape index (κ3) is 4.48. The van der Waals surface area contributed by atoms with Gasteiger partial charge >= 0.3 is 6.09 Å². The zero-order valence-electron chi connectivity index (χ0n) is 19.6. The van der Waals surface area contributed by atoms with Gasteiger partial charge in [-0.25, -0.2) is 4.79 Å². The number of hydrogen-bond donors (Lipinski definition) is 1. The maximum Gasteiger partial charge on any atom is 0.409 e. The van der Waals surface area contributed by atoms with Gasteiger partial charge in [-0.3, -0.25) is 4.90 Å². The van der Waals surface area contributed by atoms with E-state index in [-0.39, 0.29) is 12.0 Å². The standard InChI is InChI=1S/C28H29IN2O2S/c1-18-20(15-26(34)19(2)27(18)29)16-30-11-13-31(14-12-30)28(32)33-17-25-23-9-5-3-7-21(23)22-8-4-6-10-24(22)25/h3-10,15,25,34H,11-14,16-17H2,1-2H3. The van der Waals surface area contributed by atoms with Crippen molar-refractivity contribution in [2.75, 3.05) is 32.8 Å². The molecule has 0 aromatic heterocycles. The number of rotatable bonds is 4. The molecule has 1 aliphatic carbocycles. The molecule has 1 amide bonds. The molecule has 1 fully saturated rings. The molecule has 0 N–H and O–H groups in total. The summed E-state index contributed by atoms with van der Waals surface area (Å²) in [5.41, 5.74) is 8.87. The van der Waals surface area contributed by atoms with Crippen molar-refractivity contribution in [2.24, 2.45) is 0 Å². The summed E-state index contributed by atoms with van der Waals surface area (Å²) in [5, 5.41) is 0. The van der Waals surface area contributed by atoms with Gasteiger partial charge in [-0.15, -0.1) is 12.6 Å². The second-order valence-corrected chi connectivity index (χ2v) is 10.7. The summed E-state index contributed by atoms with van der Waals surface area (Å²) in [6.45, 7) is 8.62. The highest BCUT2D eigenvalue weighted by Gasteiger charge is 2.30. The molecule has 0 unspecified atom stereocenters. The Balaban J connectivity index is 1.18. The highest BCUT2D eigenvalue weighted by molar-refractivity contribution is 14.1. The van der Waals surface area contributed by atoms with Crippen LogP contribution in [0.4, 0.5) is 4.79 Å². The number of halogens is 1. The van der Waals surface area contributed by atoms with Crippen LogP contribution in [0.3, 0.4) is 0 Å². The van der Waals surface area contributed by atoms with Crippen LogP contribution in [0.1, 0.15) is 33.7 Å². The SMILES string of the molecule is Cc1c(S)cc(CN2CCN(C(=O)OCC3c4ccccc4-c4ccccc43)CC2)c(C)c1I. The van der Waals surface area contributed by atoms with Crippen LogP contribution in [0.5, 0.6) is 0 Å². The maximum absolute atomic E-state index is 12.9. The third-order valence-corrected chi connectivity index (χ3v) is 9.28. The summed E-state index contributed by atoms with van der Waals surface area (Å²) < 4.78 is 7.14. The fourth-order valence-corrected chi connectivity index (χ4v) is 6.21. The van der Waals surface area contributed by atoms with Crippen molar-refractivity contribution in [3.63, 3.8) is 0 Å². The van der Waals surface area contributed by atoms with E-state index in [2.05, 4.69) is 109 Å². The number of fused-ring (bicyclic) bond motifs is 3. The third-order valence-electron chi connectivity index (χ3n) is 7.20. The minimum atomic E-state index is -0.208. The second-order valence-electron chi connectivity index (χ2n) is 9.19. The molecule has 1 saturated heterocycles. The Morgan fingerprint density at radius 2 is 1.56 bits per heavy atom. The van der Waals surface area contributed by atoms with Crippen LogP contribution < -0.4 is 0 Å². The van der Waals surface area contributed by atoms with Gasteiger partial charge in [0.15, 0.2) is 0 Å². The molecule has 2 aliphatic rings. The van der Waals surface area contributed by atoms with E-state index < -0.39 is 0 Å². The average molecular weight is 585 g/mol. The van der Waals surface area contributed by atoms with E-state index in [1.54, 1.807) is 0 Å². The molecule has 1 aliphatic heterocycles. The lowest BCUT2D eigenvalue weighted by Crippen LogP contribution is -2.48. The molecule has 176 valence electrons. The number of carbonyl (C=O) groups is 1. The smallest absolute Gasteiger partial charge is 0.409 e. The molecule has 0 radical (unpaired) electrons. The minimum absolute atomic E-state index is 0.0973. The van der Waals surface area contributed by atoms with E-state index in [4.69, 9.17) is 4.74 Å². The number of amides is 1. The van der Waals surface area contributed by atoms with Gasteiger partial charge in [0.05, 0.1) is 0 Å². The molecule has 5 rings (SSSR count). The number of thiol groups is 1. The molecule has 4 nitrogen and oxygen atoms in total. The number of ether oxygens (including phenoxy) is 1. The van der Waals surface area contributed by atoms with Gasteiger partial charge in [-0.05, 0) is 81.4 Å². The van der Waals surface area contributed by atoms with Crippen LogP contribution in [0.15, 0.2) is 59.5 Å². The summed E-state index contributed by atoms with van der Waals surface area (Å²) in [5.74, 6) is 0.0973. The summed E-state index contributed by atoms with van der Waals surface area (Å²) >= 11 is 7.06. The van der Waals surface area contributed by atoms with E-state index in [0.29, 0.717) is 19.7 Å². The van der Waals surface area contributed by atoms with E-state index in [9.17, 15) is 4.79 Å². The lowest BCUT2D eigenvalue weighted by molar-refractivity contribution is 0.0728. The van der Waals surface area contributed by atoms with E-state index in [0.717, 1.165) is 24.5 Å². The van der Waals surface area contributed by atoms with Crippen LogP contribution in [-0.2, 0) is 11.3 Å². The Kier molecular flexibility index (Phi) is 6.91. The highest BCUT2D eigenvalue weighted by Crippen LogP contribution is 2.44. The van der Waals surface area contributed by atoms with Crippen LogP contribution in [0.2, 0.25) is 0 Å². The summed E-state index contributed by atoms with van der Waals surface area (Å²) in [6, 6.07) is 19.1. The highest BCUT2D eigenvalue weighted by atomic mass is 127. The molecule has 0 atom stereocenters.